The second-order valence-electron chi connectivity index (χ2n) is 0.688. The van der Waals surface area contributed by atoms with Crippen molar-refractivity contribution in [3.8, 4) is 0 Å². The molecule has 0 aliphatic heterocycles. The molecule has 0 unspecified atom stereocenters. The predicted molar refractivity (Wildman–Crippen MR) is 37.2 cm³/mol. The van der Waals surface area contributed by atoms with Crippen molar-refractivity contribution in [1.29, 1.82) is 0 Å². The molecule has 0 atom stereocenters. The third kappa shape index (κ3) is 5.09. The van der Waals surface area contributed by atoms with Crippen LogP contribution < -0.4 is 0 Å². The third-order valence-electron chi connectivity index (χ3n) is 0.252. The molecular weight excluding hydrogens is 193 g/mol. The number of hydrogen-bond acceptors (Lipinski definition) is 0. The van der Waals surface area contributed by atoms with E-state index in [1.54, 1.807) is 0 Å². The number of hydrogen-bond donors (Lipinski definition) is 0. The summed E-state index contributed by atoms with van der Waals surface area (Å²) in [5, 5.41) is 0. The summed E-state index contributed by atoms with van der Waals surface area (Å²) < 4.78 is 0. The summed E-state index contributed by atoms with van der Waals surface area (Å²) >= 11 is 2.30. The van der Waals surface area contributed by atoms with E-state index in [0.29, 0.717) is 0 Å². The Balaban J connectivity index is 2.62. The van der Waals surface area contributed by atoms with Crippen molar-refractivity contribution >= 4 is 34.4 Å². The standard InChI is InChI=1S/C2H5BIP/c1-2-3-5-4/h2H2,1H3. The monoisotopic (exact) mass is 198 g/mol. The Morgan fingerprint density at radius 3 is 2.60 bits per heavy atom. The minimum absolute atomic E-state index is 1.20. The van der Waals surface area contributed by atoms with Gasteiger partial charge >= 0.3 is 47.6 Å². The van der Waals surface area contributed by atoms with Crippen LogP contribution >= 0.6 is 27.8 Å². The van der Waals surface area contributed by atoms with E-state index in [2.05, 4.69) is 35.6 Å². The van der Waals surface area contributed by atoms with Crippen molar-refractivity contribution < 1.29 is 0 Å². The number of halogens is 1. The summed E-state index contributed by atoms with van der Waals surface area (Å²) in [6.45, 7) is 4.35. The van der Waals surface area contributed by atoms with Crippen LogP contribution in [0.1, 0.15) is 6.92 Å². The summed E-state index contributed by atoms with van der Waals surface area (Å²) in [7, 11) is 0. The fourth-order valence-electron chi connectivity index (χ4n) is 0.0690. The molecule has 0 N–H and O–H groups in total. The maximum absolute atomic E-state index is 2.30. The topological polar surface area (TPSA) is 0 Å². The fourth-order valence-corrected chi connectivity index (χ4v) is 1.39. The molecule has 0 aromatic heterocycles. The van der Waals surface area contributed by atoms with E-state index in [1.165, 1.54) is 12.0 Å². The van der Waals surface area contributed by atoms with Crippen LogP contribution in [0.3, 0.4) is 0 Å². The van der Waals surface area contributed by atoms with Gasteiger partial charge in [0.1, 0.15) is 0 Å². The zero-order chi connectivity index (χ0) is 4.12. The van der Waals surface area contributed by atoms with Crippen molar-refractivity contribution in [2.75, 3.05) is 0 Å². The summed E-state index contributed by atoms with van der Waals surface area (Å²) in [5.41, 5.74) is 1.37. The molecule has 0 radical (unpaired) electrons. The summed E-state index contributed by atoms with van der Waals surface area (Å²) in [4.78, 5) is 0. The van der Waals surface area contributed by atoms with Gasteiger partial charge in [0.25, 0.3) is 0 Å². The molecule has 0 saturated heterocycles. The van der Waals surface area contributed by atoms with Gasteiger partial charge in [-0.25, -0.2) is 0 Å². The molecule has 0 fully saturated rings. The average molecular weight is 198 g/mol. The number of rotatable bonds is 1. The summed E-state index contributed by atoms with van der Waals surface area (Å²) in [6.07, 6.45) is 1.20. The fraction of sp³-hybridized carbons (Fsp3) is 1.00. The summed E-state index contributed by atoms with van der Waals surface area (Å²) in [5.74, 6) is 0. The van der Waals surface area contributed by atoms with E-state index in [-0.39, 0.29) is 0 Å². The van der Waals surface area contributed by atoms with Crippen molar-refractivity contribution in [1.82, 2.24) is 0 Å². The van der Waals surface area contributed by atoms with E-state index in [4.69, 9.17) is 0 Å². The van der Waals surface area contributed by atoms with Gasteiger partial charge in [0.05, 0.1) is 0 Å². The van der Waals surface area contributed by atoms with Crippen LogP contribution in [0.15, 0.2) is 0 Å². The van der Waals surface area contributed by atoms with Crippen molar-refractivity contribution in [3.63, 3.8) is 0 Å². The van der Waals surface area contributed by atoms with Gasteiger partial charge in [-0.3, -0.25) is 0 Å². The van der Waals surface area contributed by atoms with Crippen molar-refractivity contribution in [2.24, 2.45) is 0 Å². The van der Waals surface area contributed by atoms with E-state index in [9.17, 15) is 0 Å². The zero-order valence-corrected chi connectivity index (χ0v) is 6.16. The normalized spacial score (nSPS) is 8.40. The van der Waals surface area contributed by atoms with Crippen LogP contribution in [0.25, 0.3) is 0 Å². The van der Waals surface area contributed by atoms with Gasteiger partial charge in [0, 0.05) is 0 Å². The molecule has 0 aliphatic carbocycles. The molecular formula is C2H5BIP. The molecule has 0 heterocycles. The van der Waals surface area contributed by atoms with Crippen LogP contribution in [0, 0.1) is 0 Å². The molecule has 0 saturated carbocycles. The molecule has 3 heteroatoms. The zero-order valence-electron chi connectivity index (χ0n) is 3.11. The van der Waals surface area contributed by atoms with E-state index in [1.807, 2.05) is 0 Å². The molecule has 0 aromatic carbocycles. The second-order valence-corrected chi connectivity index (χ2v) is 2.92. The quantitative estimate of drug-likeness (QED) is 0.344. The maximum atomic E-state index is 2.30. The van der Waals surface area contributed by atoms with Gasteiger partial charge < -0.3 is 0 Å². The van der Waals surface area contributed by atoms with E-state index < -0.39 is 0 Å². The van der Waals surface area contributed by atoms with Gasteiger partial charge in [0.2, 0.25) is 0 Å². The molecule has 0 bridgehead atoms. The second kappa shape index (κ2) is 5.09. The molecule has 0 spiro atoms. The molecule has 0 aromatic rings. The third-order valence-corrected chi connectivity index (χ3v) is 1.94. The first-order valence-corrected chi connectivity index (χ1v) is 5.29. The molecule has 5 heavy (non-hydrogen) atoms. The summed E-state index contributed by atoms with van der Waals surface area (Å²) in [6, 6.07) is 0. The Morgan fingerprint density at radius 1 is 2.00 bits per heavy atom. The predicted octanol–water partition coefficient (Wildman–Crippen LogP) is 2.34. The van der Waals surface area contributed by atoms with Crippen molar-refractivity contribution in [2.45, 2.75) is 13.2 Å². The van der Waals surface area contributed by atoms with Gasteiger partial charge in [0.15, 0.2) is 0 Å². The molecule has 0 aliphatic rings. The first-order valence-electron chi connectivity index (χ1n) is 1.54. The molecule has 28 valence electrons. The first-order chi connectivity index (χ1) is 2.41. The van der Waals surface area contributed by atoms with Gasteiger partial charge in [-0.2, -0.15) is 0 Å². The van der Waals surface area contributed by atoms with Crippen LogP contribution in [-0.4, -0.2) is 6.62 Å². The Bertz CT molecular complexity index is 36.6. The molecule has 0 nitrogen and oxygen atoms in total. The van der Waals surface area contributed by atoms with Crippen LogP contribution in [0.2, 0.25) is 6.32 Å². The van der Waals surface area contributed by atoms with Crippen LogP contribution in [-0.2, 0) is 0 Å². The Morgan fingerprint density at radius 2 is 2.60 bits per heavy atom. The van der Waals surface area contributed by atoms with Gasteiger partial charge in [-0.05, 0) is 0 Å². The molecule has 0 rings (SSSR count). The Kier molecular flexibility index (Phi) is 6.21. The SMILES string of the molecule is CCB=PI. The van der Waals surface area contributed by atoms with Gasteiger partial charge in [-0.1, -0.05) is 0 Å². The first kappa shape index (κ1) is 6.09. The van der Waals surface area contributed by atoms with E-state index in [0.717, 1.165) is 0 Å². The van der Waals surface area contributed by atoms with Crippen LogP contribution in [0.5, 0.6) is 0 Å². The van der Waals surface area contributed by atoms with Crippen molar-refractivity contribution in [3.05, 3.63) is 0 Å². The van der Waals surface area contributed by atoms with Gasteiger partial charge in [-0.15, -0.1) is 0 Å². The Labute approximate surface area is 47.8 Å². The molecule has 0 amide bonds. The Hall–Kier alpha value is 1.09. The average Bonchev–Trinajstić information content (AvgIpc) is 1.41. The minimum atomic E-state index is 1.20. The van der Waals surface area contributed by atoms with Crippen LogP contribution in [0.4, 0.5) is 0 Å². The van der Waals surface area contributed by atoms with E-state index >= 15 is 0 Å².